The van der Waals surface area contributed by atoms with Crippen LogP contribution in [0.15, 0.2) is 12.3 Å². The Kier molecular flexibility index (Phi) is 3.49. The van der Waals surface area contributed by atoms with E-state index in [0.717, 1.165) is 0 Å². The Balaban J connectivity index is 0.000000640. The summed E-state index contributed by atoms with van der Waals surface area (Å²) in [6, 6.07) is 0. The van der Waals surface area contributed by atoms with Gasteiger partial charge in [-0.1, -0.05) is 0 Å². The van der Waals surface area contributed by atoms with Crippen molar-refractivity contribution in [2.75, 3.05) is 0 Å². The highest BCUT2D eigenvalue weighted by Gasteiger charge is 2.16. The highest BCUT2D eigenvalue weighted by atomic mass is 35.5. The lowest BCUT2D eigenvalue weighted by Gasteiger charge is -1.95. The average Bonchev–Trinajstić information content (AvgIpc) is 2.12. The van der Waals surface area contributed by atoms with E-state index in [-0.39, 0.29) is 12.4 Å². The Morgan fingerprint density at radius 3 is 2.67 bits per heavy atom. The van der Waals surface area contributed by atoms with Crippen molar-refractivity contribution >= 4 is 30.3 Å². The summed E-state index contributed by atoms with van der Waals surface area (Å²) in [6.45, 7) is 0. The van der Waals surface area contributed by atoms with E-state index < -0.39 is 11.2 Å². The fraction of sp³-hybridized carbons (Fsp3) is 0.250. The first kappa shape index (κ1) is 8.65. The van der Waals surface area contributed by atoms with Gasteiger partial charge in [-0.25, -0.2) is 0 Å². The number of hydrogen-bond acceptors (Lipinski definition) is 3. The average molecular weight is 168 g/mol. The summed E-state index contributed by atoms with van der Waals surface area (Å²) in [5.74, 6) is -0.795. The zero-order chi connectivity index (χ0) is 5.98. The molecular weight excluding hydrogens is 162 g/mol. The normalized spacial score (nSPS) is 22.4. The molecule has 9 heavy (non-hydrogen) atoms. The van der Waals surface area contributed by atoms with Crippen molar-refractivity contribution in [3.8, 4) is 0 Å². The van der Waals surface area contributed by atoms with E-state index in [1.807, 2.05) is 0 Å². The number of carbonyl (C=O) groups is 1. The van der Waals surface area contributed by atoms with Gasteiger partial charge in [-0.15, -0.1) is 12.4 Å². The summed E-state index contributed by atoms with van der Waals surface area (Å²) in [4.78, 5) is 10.1. The van der Waals surface area contributed by atoms with Crippen LogP contribution in [0.25, 0.3) is 0 Å². The van der Waals surface area contributed by atoms with Gasteiger partial charge in [0.25, 0.3) is 0 Å². The predicted octanol–water partition coefficient (Wildman–Crippen LogP) is 0.626. The molecule has 0 aromatic rings. The minimum atomic E-state index is -0.795. The molecule has 52 valence electrons. The van der Waals surface area contributed by atoms with Crippen LogP contribution in [-0.4, -0.2) is 16.3 Å². The molecule has 1 aliphatic heterocycles. The minimum absolute atomic E-state index is 0. The van der Waals surface area contributed by atoms with E-state index in [4.69, 9.17) is 5.11 Å². The molecule has 0 aromatic heterocycles. The van der Waals surface area contributed by atoms with Crippen LogP contribution in [0.3, 0.4) is 0 Å². The summed E-state index contributed by atoms with van der Waals surface area (Å²) < 4.78 is 2.71. The topological polar surface area (TPSA) is 49.3 Å². The van der Waals surface area contributed by atoms with Crippen molar-refractivity contribution in [2.45, 2.75) is 5.25 Å². The summed E-state index contributed by atoms with van der Waals surface area (Å²) in [7, 11) is 0. The highest BCUT2D eigenvalue weighted by molar-refractivity contribution is 7.99. The van der Waals surface area contributed by atoms with Crippen molar-refractivity contribution in [3.05, 3.63) is 12.3 Å². The smallest absolute Gasteiger partial charge is 0.322 e. The van der Waals surface area contributed by atoms with Crippen LogP contribution in [0.4, 0.5) is 0 Å². The minimum Gasteiger partial charge on any atom is -0.480 e. The highest BCUT2D eigenvalue weighted by Crippen LogP contribution is 2.13. The number of carboxylic acids is 1. The number of aliphatic carboxylic acids is 1. The molecule has 1 unspecified atom stereocenters. The predicted molar refractivity (Wildman–Crippen MR) is 38.5 cm³/mol. The third-order valence-electron chi connectivity index (χ3n) is 0.777. The zero-order valence-corrected chi connectivity index (χ0v) is 6.04. The first-order valence-corrected chi connectivity index (χ1v) is 2.99. The molecule has 0 bridgehead atoms. The van der Waals surface area contributed by atoms with Crippen molar-refractivity contribution in [3.63, 3.8) is 0 Å². The van der Waals surface area contributed by atoms with Crippen molar-refractivity contribution in [1.82, 2.24) is 4.72 Å². The van der Waals surface area contributed by atoms with Gasteiger partial charge in [0, 0.05) is 6.20 Å². The largest absolute Gasteiger partial charge is 0.480 e. The maximum Gasteiger partial charge on any atom is 0.322 e. The third kappa shape index (κ3) is 2.15. The van der Waals surface area contributed by atoms with E-state index >= 15 is 0 Å². The van der Waals surface area contributed by atoms with E-state index in [2.05, 4.69) is 4.72 Å². The standard InChI is InChI=1S/C4H5NO2S.ClH/c6-4(7)3-1-2-5-8-3;/h1-3,5H,(H,6,7);1H. The first-order valence-electron chi connectivity index (χ1n) is 2.11. The van der Waals surface area contributed by atoms with Crippen LogP contribution in [0, 0.1) is 0 Å². The summed E-state index contributed by atoms with van der Waals surface area (Å²) in [5.41, 5.74) is 0. The summed E-state index contributed by atoms with van der Waals surface area (Å²) >= 11 is 1.19. The SMILES string of the molecule is Cl.O=C(O)C1C=CNS1. The molecule has 0 saturated heterocycles. The Hall–Kier alpha value is -0.350. The number of hydrogen-bond donors (Lipinski definition) is 2. The van der Waals surface area contributed by atoms with E-state index in [9.17, 15) is 4.79 Å². The van der Waals surface area contributed by atoms with Crippen molar-refractivity contribution in [2.24, 2.45) is 0 Å². The number of nitrogens with one attached hydrogen (secondary N) is 1. The van der Waals surface area contributed by atoms with Gasteiger partial charge < -0.3 is 9.83 Å². The monoisotopic (exact) mass is 167 g/mol. The first-order chi connectivity index (χ1) is 3.80. The maximum absolute atomic E-state index is 10.1. The van der Waals surface area contributed by atoms with Crippen LogP contribution < -0.4 is 4.72 Å². The van der Waals surface area contributed by atoms with Gasteiger partial charge in [-0.3, -0.25) is 4.79 Å². The summed E-state index contributed by atoms with van der Waals surface area (Å²) in [6.07, 6.45) is 3.23. The van der Waals surface area contributed by atoms with Crippen LogP contribution in [-0.2, 0) is 4.79 Å². The van der Waals surface area contributed by atoms with Gasteiger partial charge in [0.1, 0.15) is 5.25 Å². The zero-order valence-electron chi connectivity index (χ0n) is 4.40. The lowest BCUT2D eigenvalue weighted by atomic mass is 10.4. The quantitative estimate of drug-likeness (QED) is 0.563. The second-order valence-electron chi connectivity index (χ2n) is 1.35. The Labute approximate surface area is 63.1 Å². The van der Waals surface area contributed by atoms with E-state index in [1.54, 1.807) is 12.3 Å². The number of rotatable bonds is 1. The maximum atomic E-state index is 10.1. The molecule has 3 nitrogen and oxygen atoms in total. The Morgan fingerprint density at radius 1 is 1.78 bits per heavy atom. The fourth-order valence-corrected chi connectivity index (χ4v) is 0.973. The van der Waals surface area contributed by atoms with Crippen molar-refractivity contribution in [1.29, 1.82) is 0 Å². The van der Waals surface area contributed by atoms with Crippen molar-refractivity contribution < 1.29 is 9.90 Å². The lowest BCUT2D eigenvalue weighted by Crippen LogP contribution is -2.11. The molecule has 0 amide bonds. The molecule has 2 N–H and O–H groups in total. The molecule has 0 saturated carbocycles. The molecule has 0 aliphatic carbocycles. The third-order valence-corrected chi connectivity index (χ3v) is 1.66. The van der Waals surface area contributed by atoms with Crippen LogP contribution in [0.5, 0.6) is 0 Å². The Morgan fingerprint density at radius 2 is 2.44 bits per heavy atom. The second kappa shape index (κ2) is 3.63. The molecule has 0 spiro atoms. The molecule has 1 atom stereocenters. The van der Waals surface area contributed by atoms with Crippen LogP contribution in [0.1, 0.15) is 0 Å². The molecule has 5 heteroatoms. The number of halogens is 1. The molecule has 0 aromatic carbocycles. The van der Waals surface area contributed by atoms with Crippen LogP contribution >= 0.6 is 24.4 Å². The molecule has 0 radical (unpaired) electrons. The van der Waals surface area contributed by atoms with Gasteiger partial charge >= 0.3 is 5.97 Å². The second-order valence-corrected chi connectivity index (χ2v) is 2.33. The molecule has 0 fully saturated rings. The lowest BCUT2D eigenvalue weighted by molar-refractivity contribution is -0.135. The fourth-order valence-electron chi connectivity index (χ4n) is 0.411. The molecular formula is C4H6ClNO2S. The Bertz CT molecular complexity index is 139. The van der Waals surface area contributed by atoms with E-state index in [0.29, 0.717) is 0 Å². The van der Waals surface area contributed by atoms with Gasteiger partial charge in [0.2, 0.25) is 0 Å². The van der Waals surface area contributed by atoms with Gasteiger partial charge in [0.05, 0.1) is 0 Å². The molecule has 1 aliphatic rings. The van der Waals surface area contributed by atoms with Crippen LogP contribution in [0.2, 0.25) is 0 Å². The number of carboxylic acid groups (broad SMARTS) is 1. The van der Waals surface area contributed by atoms with Gasteiger partial charge in [-0.05, 0) is 18.0 Å². The summed E-state index contributed by atoms with van der Waals surface area (Å²) in [5, 5.41) is 7.91. The van der Waals surface area contributed by atoms with Gasteiger partial charge in [-0.2, -0.15) is 0 Å². The van der Waals surface area contributed by atoms with E-state index in [1.165, 1.54) is 11.9 Å². The molecule has 1 rings (SSSR count). The molecule has 1 heterocycles. The van der Waals surface area contributed by atoms with Gasteiger partial charge in [0.15, 0.2) is 0 Å².